The molecule has 0 radical (unpaired) electrons. The van der Waals surface area contributed by atoms with E-state index < -0.39 is 0 Å². The van der Waals surface area contributed by atoms with E-state index in [0.29, 0.717) is 22.3 Å². The quantitative estimate of drug-likeness (QED) is 0.688. The van der Waals surface area contributed by atoms with Gasteiger partial charge >= 0.3 is 0 Å². The molecule has 1 aromatic heterocycles. The number of carbonyl (C=O) groups excluding carboxylic acids is 1. The van der Waals surface area contributed by atoms with Crippen molar-refractivity contribution in [2.45, 2.75) is 12.3 Å². The van der Waals surface area contributed by atoms with Crippen LogP contribution in [0.5, 0.6) is 0 Å². The molecule has 6 heteroatoms. The molecule has 0 unspecified atom stereocenters. The summed E-state index contributed by atoms with van der Waals surface area (Å²) in [6.07, 6.45) is 0.313. The average molecular weight is 358 g/mol. The lowest BCUT2D eigenvalue weighted by molar-refractivity contribution is -0.116. The van der Waals surface area contributed by atoms with E-state index >= 15 is 0 Å². The fourth-order valence-electron chi connectivity index (χ4n) is 3.13. The summed E-state index contributed by atoms with van der Waals surface area (Å²) in [6, 6.07) is 15.3. The van der Waals surface area contributed by atoms with E-state index in [2.05, 4.69) is 15.5 Å². The van der Waals surface area contributed by atoms with Gasteiger partial charge in [-0.2, -0.15) is 5.10 Å². The summed E-state index contributed by atoms with van der Waals surface area (Å²) in [4.78, 5) is 12.1. The summed E-state index contributed by atoms with van der Waals surface area (Å²) >= 11 is 12.4. The van der Waals surface area contributed by atoms with Gasteiger partial charge in [0.25, 0.3) is 0 Å². The summed E-state index contributed by atoms with van der Waals surface area (Å²) in [7, 11) is 0. The highest BCUT2D eigenvalue weighted by atomic mass is 35.5. The number of aromatic amines is 1. The van der Waals surface area contributed by atoms with Gasteiger partial charge in [0.05, 0.1) is 5.69 Å². The highest BCUT2D eigenvalue weighted by Crippen LogP contribution is 2.43. The van der Waals surface area contributed by atoms with E-state index in [1.54, 1.807) is 12.1 Å². The molecule has 0 bridgehead atoms. The van der Waals surface area contributed by atoms with Crippen LogP contribution in [0.3, 0.4) is 0 Å². The molecular formula is C18H13Cl2N3O. The number of halogens is 2. The molecule has 4 nitrogen and oxygen atoms in total. The van der Waals surface area contributed by atoms with Crippen molar-refractivity contribution in [3.8, 4) is 11.3 Å². The van der Waals surface area contributed by atoms with Crippen LogP contribution in [-0.2, 0) is 4.79 Å². The van der Waals surface area contributed by atoms with Gasteiger partial charge in [0.2, 0.25) is 5.91 Å². The van der Waals surface area contributed by atoms with Crippen molar-refractivity contribution in [3.05, 3.63) is 69.7 Å². The topological polar surface area (TPSA) is 57.8 Å². The van der Waals surface area contributed by atoms with Crippen molar-refractivity contribution in [3.63, 3.8) is 0 Å². The monoisotopic (exact) mass is 357 g/mol. The summed E-state index contributed by atoms with van der Waals surface area (Å²) in [5, 5.41) is 11.3. The Kier molecular flexibility index (Phi) is 3.79. The Morgan fingerprint density at radius 3 is 2.62 bits per heavy atom. The number of rotatable bonds is 2. The van der Waals surface area contributed by atoms with Crippen LogP contribution in [0.1, 0.15) is 23.5 Å². The number of amides is 1. The van der Waals surface area contributed by atoms with E-state index in [9.17, 15) is 4.79 Å². The molecule has 2 heterocycles. The van der Waals surface area contributed by atoms with E-state index in [1.165, 1.54) is 0 Å². The fourth-order valence-corrected chi connectivity index (χ4v) is 3.67. The number of anilines is 1. The highest BCUT2D eigenvalue weighted by molar-refractivity contribution is 6.35. The largest absolute Gasteiger partial charge is 0.309 e. The van der Waals surface area contributed by atoms with Gasteiger partial charge in [-0.1, -0.05) is 59.6 Å². The Bertz CT molecular complexity index is 921. The predicted octanol–water partition coefficient (Wildman–Crippen LogP) is 4.86. The van der Waals surface area contributed by atoms with E-state index in [-0.39, 0.29) is 11.8 Å². The fraction of sp³-hybridized carbons (Fsp3) is 0.111. The maximum atomic E-state index is 12.1. The third kappa shape index (κ3) is 2.58. The van der Waals surface area contributed by atoms with E-state index in [0.717, 1.165) is 22.4 Å². The molecule has 4 rings (SSSR count). The van der Waals surface area contributed by atoms with Crippen LogP contribution < -0.4 is 5.32 Å². The number of nitrogens with zero attached hydrogens (tertiary/aromatic N) is 1. The average Bonchev–Trinajstić information content (AvgIpc) is 2.99. The van der Waals surface area contributed by atoms with Gasteiger partial charge in [-0.25, -0.2) is 0 Å². The zero-order chi connectivity index (χ0) is 16.7. The van der Waals surface area contributed by atoms with Gasteiger partial charge in [0, 0.05) is 27.9 Å². The molecule has 1 amide bonds. The number of H-pyrrole nitrogens is 1. The SMILES string of the molecule is O=C1C[C@@H](c2ccc(Cl)cc2Cl)c2c(n[nH]c2-c2ccccc2)N1. The Labute approximate surface area is 148 Å². The van der Waals surface area contributed by atoms with Gasteiger partial charge in [0.15, 0.2) is 5.82 Å². The van der Waals surface area contributed by atoms with E-state index in [4.69, 9.17) is 23.2 Å². The maximum absolute atomic E-state index is 12.1. The Morgan fingerprint density at radius 2 is 1.88 bits per heavy atom. The molecule has 2 N–H and O–H groups in total. The van der Waals surface area contributed by atoms with Gasteiger partial charge in [0.1, 0.15) is 0 Å². The first kappa shape index (κ1) is 15.2. The second kappa shape index (κ2) is 5.96. The van der Waals surface area contributed by atoms with Gasteiger partial charge < -0.3 is 5.32 Å². The zero-order valence-corrected chi connectivity index (χ0v) is 14.0. The molecule has 0 aliphatic carbocycles. The van der Waals surface area contributed by atoms with Gasteiger partial charge in [-0.3, -0.25) is 9.89 Å². The minimum Gasteiger partial charge on any atom is -0.309 e. The molecule has 0 saturated heterocycles. The normalized spacial score (nSPS) is 16.6. The minimum atomic E-state index is -0.174. The molecule has 1 aliphatic rings. The predicted molar refractivity (Wildman–Crippen MR) is 95.6 cm³/mol. The Balaban J connectivity index is 1.90. The van der Waals surface area contributed by atoms with Crippen molar-refractivity contribution in [2.75, 3.05) is 5.32 Å². The van der Waals surface area contributed by atoms with E-state index in [1.807, 2.05) is 36.4 Å². The second-order valence-electron chi connectivity index (χ2n) is 5.70. The van der Waals surface area contributed by atoms with Gasteiger partial charge in [-0.15, -0.1) is 0 Å². The number of fused-ring (bicyclic) bond motifs is 1. The Hall–Kier alpha value is -2.30. The van der Waals surface area contributed by atoms with Gasteiger partial charge in [-0.05, 0) is 23.3 Å². The van der Waals surface area contributed by atoms with Crippen LogP contribution in [0.4, 0.5) is 5.82 Å². The number of carbonyl (C=O) groups is 1. The number of aromatic nitrogens is 2. The van der Waals surface area contributed by atoms with Crippen molar-refractivity contribution in [1.82, 2.24) is 10.2 Å². The number of hydrogen-bond acceptors (Lipinski definition) is 2. The van der Waals surface area contributed by atoms with Crippen molar-refractivity contribution >= 4 is 34.9 Å². The molecule has 24 heavy (non-hydrogen) atoms. The minimum absolute atomic E-state index is 0.0790. The van der Waals surface area contributed by atoms with Crippen molar-refractivity contribution in [1.29, 1.82) is 0 Å². The smallest absolute Gasteiger partial charge is 0.226 e. The summed E-state index contributed by atoms with van der Waals surface area (Å²) in [5.74, 6) is 0.304. The first-order chi connectivity index (χ1) is 11.6. The highest BCUT2D eigenvalue weighted by Gasteiger charge is 2.33. The van der Waals surface area contributed by atoms with Crippen LogP contribution >= 0.6 is 23.2 Å². The zero-order valence-electron chi connectivity index (χ0n) is 12.5. The number of benzene rings is 2. The molecule has 2 aromatic carbocycles. The molecular weight excluding hydrogens is 345 g/mol. The molecule has 0 spiro atoms. The lowest BCUT2D eigenvalue weighted by atomic mass is 9.84. The number of hydrogen-bond donors (Lipinski definition) is 2. The van der Waals surface area contributed by atoms with Crippen LogP contribution in [0, 0.1) is 0 Å². The third-order valence-corrected chi connectivity index (χ3v) is 4.76. The standard InChI is InChI=1S/C18H13Cl2N3O/c19-11-6-7-12(14(20)8-11)13-9-15(24)21-18-16(13)17(22-23-18)10-4-2-1-3-5-10/h1-8,13H,9H2,(H2,21,22,23,24)/t13-/m0/s1. The molecule has 0 fully saturated rings. The molecule has 0 saturated carbocycles. The Morgan fingerprint density at radius 1 is 1.08 bits per heavy atom. The molecule has 1 aliphatic heterocycles. The molecule has 3 aromatic rings. The van der Waals surface area contributed by atoms with Crippen molar-refractivity contribution in [2.24, 2.45) is 0 Å². The summed E-state index contributed by atoms with van der Waals surface area (Å²) < 4.78 is 0. The lowest BCUT2D eigenvalue weighted by Crippen LogP contribution is -2.23. The van der Waals surface area contributed by atoms with Crippen LogP contribution in [0.15, 0.2) is 48.5 Å². The van der Waals surface area contributed by atoms with Crippen molar-refractivity contribution < 1.29 is 4.79 Å². The lowest BCUT2D eigenvalue weighted by Gasteiger charge is -2.24. The second-order valence-corrected chi connectivity index (χ2v) is 6.54. The third-order valence-electron chi connectivity index (χ3n) is 4.20. The number of nitrogens with one attached hydrogen (secondary N) is 2. The van der Waals surface area contributed by atoms with Crippen LogP contribution in [0.25, 0.3) is 11.3 Å². The summed E-state index contributed by atoms with van der Waals surface area (Å²) in [5.41, 5.74) is 3.72. The first-order valence-electron chi connectivity index (χ1n) is 7.52. The van der Waals surface area contributed by atoms with Crippen LogP contribution in [-0.4, -0.2) is 16.1 Å². The molecule has 1 atom stereocenters. The summed E-state index contributed by atoms with van der Waals surface area (Å²) in [6.45, 7) is 0. The van der Waals surface area contributed by atoms with Crippen LogP contribution in [0.2, 0.25) is 10.0 Å². The first-order valence-corrected chi connectivity index (χ1v) is 8.27. The molecule has 120 valence electrons. The maximum Gasteiger partial charge on any atom is 0.226 e.